The molecule has 0 aliphatic heterocycles. The minimum atomic E-state index is -0.602. The largest absolute Gasteiger partial charge is 0.398 e. The average Bonchev–Trinajstić information content (AvgIpc) is 2.38. The Labute approximate surface area is 127 Å². The molecule has 1 aromatic rings. The summed E-state index contributed by atoms with van der Waals surface area (Å²) in [6, 6.07) is 4.43. The van der Waals surface area contributed by atoms with E-state index in [9.17, 15) is 9.59 Å². The maximum absolute atomic E-state index is 12.1. The van der Waals surface area contributed by atoms with Gasteiger partial charge in [-0.1, -0.05) is 19.9 Å². The number of nitrogen functional groups attached to an aromatic ring is 1. The molecule has 0 aromatic heterocycles. The molecule has 5 nitrogen and oxygen atoms in total. The lowest BCUT2D eigenvalue weighted by Crippen LogP contribution is -2.45. The van der Waals surface area contributed by atoms with Crippen LogP contribution in [0.1, 0.15) is 31.1 Å². The first-order chi connectivity index (χ1) is 9.32. The van der Waals surface area contributed by atoms with E-state index in [0.29, 0.717) is 28.2 Å². The molecule has 6 heteroatoms. The summed E-state index contributed by atoms with van der Waals surface area (Å²) in [5.41, 5.74) is 6.62. The summed E-state index contributed by atoms with van der Waals surface area (Å²) in [7, 11) is 0. The smallest absolute Gasteiger partial charge is 0.253 e. The third-order valence-electron chi connectivity index (χ3n) is 2.70. The van der Waals surface area contributed by atoms with Crippen LogP contribution in [0.25, 0.3) is 0 Å². The van der Waals surface area contributed by atoms with Crippen LogP contribution in [0.15, 0.2) is 22.7 Å². The molecule has 0 aliphatic rings. The first kappa shape index (κ1) is 16.5. The van der Waals surface area contributed by atoms with Gasteiger partial charge in [-0.2, -0.15) is 0 Å². The summed E-state index contributed by atoms with van der Waals surface area (Å²) < 4.78 is 0.535. The Morgan fingerprint density at radius 1 is 1.30 bits per heavy atom. The van der Waals surface area contributed by atoms with Crippen LogP contribution >= 0.6 is 15.9 Å². The van der Waals surface area contributed by atoms with Crippen LogP contribution in [0.2, 0.25) is 0 Å². The Kier molecular flexibility index (Phi) is 6.01. The number of nitrogens with one attached hydrogen (secondary N) is 2. The molecule has 1 rings (SSSR count). The zero-order valence-electron chi connectivity index (χ0n) is 11.9. The number of carbonyl (C=O) groups is 2. The fourth-order valence-electron chi connectivity index (χ4n) is 1.52. The van der Waals surface area contributed by atoms with Crippen molar-refractivity contribution in [3.8, 4) is 0 Å². The Hall–Kier alpha value is -1.56. The zero-order chi connectivity index (χ0) is 15.3. The van der Waals surface area contributed by atoms with Gasteiger partial charge in [0.2, 0.25) is 5.91 Å². The molecular weight excluding hydrogens is 322 g/mol. The standard InChI is InChI=1S/C14H20BrN3O2/c1-8(2)7-17-13(19)9(3)18-14(20)10-5-4-6-11(16)12(10)15/h4-6,8-9H,7,16H2,1-3H3,(H,17,19)(H,18,20). The number of hydrogen-bond donors (Lipinski definition) is 3. The number of rotatable bonds is 5. The number of halogens is 1. The van der Waals surface area contributed by atoms with Gasteiger partial charge < -0.3 is 16.4 Å². The first-order valence-corrected chi connectivity index (χ1v) is 7.24. The van der Waals surface area contributed by atoms with Crippen molar-refractivity contribution >= 4 is 33.4 Å². The second kappa shape index (κ2) is 7.28. The van der Waals surface area contributed by atoms with Crippen LogP contribution in [0.4, 0.5) is 5.69 Å². The summed E-state index contributed by atoms with van der Waals surface area (Å²) in [5.74, 6) is -0.173. The van der Waals surface area contributed by atoms with E-state index in [0.717, 1.165) is 0 Å². The molecule has 1 atom stereocenters. The van der Waals surface area contributed by atoms with Gasteiger partial charge in [0.1, 0.15) is 6.04 Å². The Morgan fingerprint density at radius 3 is 2.55 bits per heavy atom. The lowest BCUT2D eigenvalue weighted by molar-refractivity contribution is -0.122. The van der Waals surface area contributed by atoms with E-state index in [1.54, 1.807) is 25.1 Å². The van der Waals surface area contributed by atoms with Crippen molar-refractivity contribution in [1.82, 2.24) is 10.6 Å². The topological polar surface area (TPSA) is 84.2 Å². The van der Waals surface area contributed by atoms with Crippen LogP contribution in [-0.2, 0) is 4.79 Å². The summed E-state index contributed by atoms with van der Waals surface area (Å²) in [5, 5.41) is 5.43. The molecule has 0 bridgehead atoms. The molecule has 1 unspecified atom stereocenters. The van der Waals surface area contributed by atoms with E-state index in [2.05, 4.69) is 26.6 Å². The Balaban J connectivity index is 2.66. The van der Waals surface area contributed by atoms with E-state index < -0.39 is 6.04 Å². The predicted octanol–water partition coefficient (Wildman–Crippen LogP) is 1.92. The number of benzene rings is 1. The van der Waals surface area contributed by atoms with E-state index in [1.807, 2.05) is 13.8 Å². The molecule has 0 saturated heterocycles. The fourth-order valence-corrected chi connectivity index (χ4v) is 1.97. The molecular formula is C14H20BrN3O2. The number of carbonyl (C=O) groups excluding carboxylic acids is 2. The lowest BCUT2D eigenvalue weighted by atomic mass is 10.1. The van der Waals surface area contributed by atoms with Gasteiger partial charge in [-0.3, -0.25) is 9.59 Å². The first-order valence-electron chi connectivity index (χ1n) is 6.45. The molecule has 0 saturated carbocycles. The minimum absolute atomic E-state index is 0.202. The predicted molar refractivity (Wildman–Crippen MR) is 83.3 cm³/mol. The van der Waals surface area contributed by atoms with Gasteiger partial charge in [-0.15, -0.1) is 0 Å². The van der Waals surface area contributed by atoms with Crippen LogP contribution < -0.4 is 16.4 Å². The average molecular weight is 342 g/mol. The summed E-state index contributed by atoms with van der Waals surface area (Å²) in [4.78, 5) is 23.9. The van der Waals surface area contributed by atoms with Gasteiger partial charge in [-0.25, -0.2) is 0 Å². The lowest BCUT2D eigenvalue weighted by Gasteiger charge is -2.16. The highest BCUT2D eigenvalue weighted by Crippen LogP contribution is 2.23. The third-order valence-corrected chi connectivity index (χ3v) is 3.58. The second-order valence-corrected chi connectivity index (χ2v) is 5.84. The van der Waals surface area contributed by atoms with Crippen molar-refractivity contribution in [2.24, 2.45) is 5.92 Å². The van der Waals surface area contributed by atoms with Crippen LogP contribution in [-0.4, -0.2) is 24.4 Å². The Morgan fingerprint density at radius 2 is 1.95 bits per heavy atom. The number of nitrogens with two attached hydrogens (primary N) is 1. The SMILES string of the molecule is CC(C)CNC(=O)C(C)NC(=O)c1cccc(N)c1Br. The van der Waals surface area contributed by atoms with Crippen molar-refractivity contribution in [3.05, 3.63) is 28.2 Å². The van der Waals surface area contributed by atoms with Crippen LogP contribution in [0, 0.1) is 5.92 Å². The number of amides is 2. The molecule has 0 radical (unpaired) electrons. The number of hydrogen-bond acceptors (Lipinski definition) is 3. The van der Waals surface area contributed by atoms with Crippen molar-refractivity contribution in [1.29, 1.82) is 0 Å². The van der Waals surface area contributed by atoms with Gasteiger partial charge in [0.25, 0.3) is 5.91 Å². The highest BCUT2D eigenvalue weighted by molar-refractivity contribution is 9.10. The van der Waals surface area contributed by atoms with Gasteiger partial charge in [0.15, 0.2) is 0 Å². The molecule has 0 spiro atoms. The maximum Gasteiger partial charge on any atom is 0.253 e. The quantitative estimate of drug-likeness (QED) is 0.715. The van der Waals surface area contributed by atoms with Crippen molar-refractivity contribution < 1.29 is 9.59 Å². The van der Waals surface area contributed by atoms with E-state index in [4.69, 9.17) is 5.73 Å². The molecule has 2 amide bonds. The van der Waals surface area contributed by atoms with Crippen molar-refractivity contribution in [3.63, 3.8) is 0 Å². The minimum Gasteiger partial charge on any atom is -0.398 e. The summed E-state index contributed by atoms with van der Waals surface area (Å²) >= 11 is 3.27. The molecule has 4 N–H and O–H groups in total. The second-order valence-electron chi connectivity index (χ2n) is 5.04. The molecule has 0 fully saturated rings. The van der Waals surface area contributed by atoms with Crippen molar-refractivity contribution in [2.75, 3.05) is 12.3 Å². The molecule has 0 heterocycles. The maximum atomic E-state index is 12.1. The Bertz CT molecular complexity index is 503. The molecule has 20 heavy (non-hydrogen) atoms. The van der Waals surface area contributed by atoms with Crippen molar-refractivity contribution in [2.45, 2.75) is 26.8 Å². The normalized spacial score (nSPS) is 12.1. The summed E-state index contributed by atoms with van der Waals surface area (Å²) in [6.45, 7) is 6.25. The summed E-state index contributed by atoms with van der Waals surface area (Å²) in [6.07, 6.45) is 0. The number of anilines is 1. The highest BCUT2D eigenvalue weighted by Gasteiger charge is 2.18. The highest BCUT2D eigenvalue weighted by atomic mass is 79.9. The third kappa shape index (κ3) is 4.52. The monoisotopic (exact) mass is 341 g/mol. The van der Waals surface area contributed by atoms with Gasteiger partial charge in [0, 0.05) is 12.2 Å². The van der Waals surface area contributed by atoms with Gasteiger partial charge in [0.05, 0.1) is 10.0 Å². The zero-order valence-corrected chi connectivity index (χ0v) is 13.5. The van der Waals surface area contributed by atoms with Gasteiger partial charge in [-0.05, 0) is 40.9 Å². The van der Waals surface area contributed by atoms with Crippen LogP contribution in [0.5, 0.6) is 0 Å². The van der Waals surface area contributed by atoms with Crippen LogP contribution in [0.3, 0.4) is 0 Å². The van der Waals surface area contributed by atoms with E-state index in [1.165, 1.54) is 0 Å². The molecule has 0 aliphatic carbocycles. The fraction of sp³-hybridized carbons (Fsp3) is 0.429. The molecule has 110 valence electrons. The van der Waals surface area contributed by atoms with E-state index in [-0.39, 0.29) is 11.8 Å². The van der Waals surface area contributed by atoms with E-state index >= 15 is 0 Å². The molecule has 1 aromatic carbocycles. The van der Waals surface area contributed by atoms with Gasteiger partial charge >= 0.3 is 0 Å².